The van der Waals surface area contributed by atoms with Crippen molar-refractivity contribution < 1.29 is 18.0 Å². The highest BCUT2D eigenvalue weighted by Crippen LogP contribution is 2.30. The number of nitrogens with one attached hydrogen (secondary N) is 1. The molecule has 1 heterocycles. The number of benzene rings is 3. The molecule has 32 heavy (non-hydrogen) atoms. The van der Waals surface area contributed by atoms with E-state index in [2.05, 4.69) is 5.32 Å². The van der Waals surface area contributed by atoms with Gasteiger partial charge in [-0.25, -0.2) is 18.5 Å². The van der Waals surface area contributed by atoms with Gasteiger partial charge < -0.3 is 5.32 Å². The van der Waals surface area contributed by atoms with Crippen LogP contribution in [0.4, 0.5) is 11.4 Å². The summed E-state index contributed by atoms with van der Waals surface area (Å²) in [6, 6.07) is 21.1. The van der Waals surface area contributed by atoms with Gasteiger partial charge in [0.1, 0.15) is 6.04 Å². The SMILES string of the molecule is Cc1cccc(C=C2C(=O)N(c3ccccc3)C(=O)C2Nc2ccc(S(N)(=O)=O)cc2)c1. The van der Waals surface area contributed by atoms with E-state index in [1.807, 2.05) is 31.2 Å². The lowest BCUT2D eigenvalue weighted by atomic mass is 10.0. The minimum absolute atomic E-state index is 0.0432. The lowest BCUT2D eigenvalue weighted by molar-refractivity contribution is -0.121. The van der Waals surface area contributed by atoms with Gasteiger partial charge in [-0.2, -0.15) is 0 Å². The minimum atomic E-state index is -3.84. The average molecular weight is 448 g/mol. The van der Waals surface area contributed by atoms with Crippen LogP contribution in [0.2, 0.25) is 0 Å². The number of amides is 2. The van der Waals surface area contributed by atoms with E-state index >= 15 is 0 Å². The topological polar surface area (TPSA) is 110 Å². The van der Waals surface area contributed by atoms with Crippen molar-refractivity contribution in [3.05, 3.63) is 95.6 Å². The van der Waals surface area contributed by atoms with Gasteiger partial charge in [0.15, 0.2) is 0 Å². The summed E-state index contributed by atoms with van der Waals surface area (Å²) in [5.74, 6) is -0.836. The fraction of sp³-hybridized carbons (Fsp3) is 0.0833. The average Bonchev–Trinajstić information content (AvgIpc) is 2.98. The summed E-state index contributed by atoms with van der Waals surface area (Å²) in [7, 11) is -3.84. The number of nitrogens with zero attached hydrogens (tertiary/aromatic N) is 1. The summed E-state index contributed by atoms with van der Waals surface area (Å²) in [6.07, 6.45) is 1.70. The lowest BCUT2D eigenvalue weighted by Crippen LogP contribution is -2.34. The fourth-order valence-electron chi connectivity index (χ4n) is 3.57. The Morgan fingerprint density at radius 2 is 1.62 bits per heavy atom. The second-order valence-electron chi connectivity index (χ2n) is 7.47. The number of aryl methyl sites for hydroxylation is 1. The molecule has 2 amide bonds. The van der Waals surface area contributed by atoms with E-state index in [9.17, 15) is 18.0 Å². The van der Waals surface area contributed by atoms with Crippen LogP contribution < -0.4 is 15.4 Å². The van der Waals surface area contributed by atoms with E-state index in [1.165, 1.54) is 24.3 Å². The number of carbonyl (C=O) groups excluding carboxylic acids is 2. The van der Waals surface area contributed by atoms with Crippen LogP contribution in [0.15, 0.2) is 89.3 Å². The van der Waals surface area contributed by atoms with Crippen LogP contribution in [0.1, 0.15) is 11.1 Å². The van der Waals surface area contributed by atoms with E-state index in [-0.39, 0.29) is 4.90 Å². The summed E-state index contributed by atoms with van der Waals surface area (Å²) < 4.78 is 23.0. The molecule has 8 heteroatoms. The second-order valence-corrected chi connectivity index (χ2v) is 9.04. The zero-order chi connectivity index (χ0) is 22.9. The molecular formula is C24H21N3O4S. The molecule has 0 radical (unpaired) electrons. The van der Waals surface area contributed by atoms with E-state index in [0.29, 0.717) is 16.9 Å². The summed E-state index contributed by atoms with van der Waals surface area (Å²) in [5.41, 5.74) is 3.08. The maximum Gasteiger partial charge on any atom is 0.263 e. The molecule has 3 aromatic carbocycles. The Morgan fingerprint density at radius 3 is 2.25 bits per heavy atom. The van der Waals surface area contributed by atoms with Gasteiger partial charge in [0.05, 0.1) is 16.2 Å². The third-order valence-electron chi connectivity index (χ3n) is 5.10. The Hall–Kier alpha value is -3.75. The Balaban J connectivity index is 1.74. The molecule has 0 bridgehead atoms. The maximum absolute atomic E-state index is 13.3. The predicted molar refractivity (Wildman–Crippen MR) is 123 cm³/mol. The molecule has 4 rings (SSSR count). The van der Waals surface area contributed by atoms with Gasteiger partial charge in [0.2, 0.25) is 10.0 Å². The monoisotopic (exact) mass is 447 g/mol. The van der Waals surface area contributed by atoms with Crippen LogP contribution in [0.5, 0.6) is 0 Å². The Morgan fingerprint density at radius 1 is 0.938 bits per heavy atom. The van der Waals surface area contributed by atoms with Crippen molar-refractivity contribution in [3.63, 3.8) is 0 Å². The summed E-state index contributed by atoms with van der Waals surface area (Å²) in [4.78, 5) is 27.7. The van der Waals surface area contributed by atoms with Crippen molar-refractivity contribution in [2.45, 2.75) is 17.9 Å². The third-order valence-corrected chi connectivity index (χ3v) is 6.03. The van der Waals surface area contributed by atoms with Crippen molar-refractivity contribution in [3.8, 4) is 0 Å². The van der Waals surface area contributed by atoms with Crippen molar-refractivity contribution in [1.82, 2.24) is 0 Å². The number of hydrogen-bond acceptors (Lipinski definition) is 5. The highest BCUT2D eigenvalue weighted by molar-refractivity contribution is 7.89. The van der Waals surface area contributed by atoms with Crippen LogP contribution in [-0.2, 0) is 19.6 Å². The first-order chi connectivity index (χ1) is 15.2. The minimum Gasteiger partial charge on any atom is -0.370 e. The number of sulfonamides is 1. The molecule has 1 atom stereocenters. The van der Waals surface area contributed by atoms with Gasteiger partial charge in [-0.3, -0.25) is 9.59 Å². The molecule has 0 aliphatic carbocycles. The largest absolute Gasteiger partial charge is 0.370 e. The molecule has 7 nitrogen and oxygen atoms in total. The van der Waals surface area contributed by atoms with E-state index in [1.54, 1.807) is 36.4 Å². The first-order valence-electron chi connectivity index (χ1n) is 9.85. The number of imide groups is 1. The number of primary sulfonamides is 1. The zero-order valence-electron chi connectivity index (χ0n) is 17.2. The molecule has 0 saturated carbocycles. The van der Waals surface area contributed by atoms with Gasteiger partial charge in [-0.05, 0) is 55.0 Å². The Labute approximate surface area is 186 Å². The van der Waals surface area contributed by atoms with Crippen molar-refractivity contribution in [2.75, 3.05) is 10.2 Å². The molecule has 1 saturated heterocycles. The third kappa shape index (κ3) is 4.32. The van der Waals surface area contributed by atoms with E-state index < -0.39 is 27.9 Å². The summed E-state index contributed by atoms with van der Waals surface area (Å²) >= 11 is 0. The van der Waals surface area contributed by atoms with Crippen LogP contribution >= 0.6 is 0 Å². The first-order valence-corrected chi connectivity index (χ1v) is 11.4. The quantitative estimate of drug-likeness (QED) is 0.461. The normalized spacial score (nSPS) is 17.8. The van der Waals surface area contributed by atoms with E-state index in [0.717, 1.165) is 16.0 Å². The zero-order valence-corrected chi connectivity index (χ0v) is 18.0. The molecular weight excluding hydrogens is 426 g/mol. The van der Waals surface area contributed by atoms with Gasteiger partial charge in [0.25, 0.3) is 11.8 Å². The molecule has 0 spiro atoms. The van der Waals surface area contributed by atoms with Crippen LogP contribution in [0, 0.1) is 6.92 Å². The predicted octanol–water partition coefficient (Wildman–Crippen LogP) is 3.08. The second kappa shape index (κ2) is 8.41. The first kappa shape index (κ1) is 21.5. The number of rotatable bonds is 5. The van der Waals surface area contributed by atoms with Crippen LogP contribution in [-0.4, -0.2) is 26.3 Å². The lowest BCUT2D eigenvalue weighted by Gasteiger charge is -2.15. The van der Waals surface area contributed by atoms with E-state index in [4.69, 9.17) is 5.14 Å². The van der Waals surface area contributed by atoms with Crippen molar-refractivity contribution >= 4 is 39.3 Å². The molecule has 1 aliphatic heterocycles. The molecule has 162 valence electrons. The standard InChI is InChI=1S/C24H21N3O4S/c1-16-6-5-7-17(14-16)15-21-22(26-18-10-12-20(13-11-18)32(25,30)31)24(29)27(23(21)28)19-8-3-2-4-9-19/h2-15,22,26H,1H3,(H2,25,30,31). The number of nitrogens with two attached hydrogens (primary N) is 1. The van der Waals surface area contributed by atoms with Crippen LogP contribution in [0.3, 0.4) is 0 Å². The smallest absolute Gasteiger partial charge is 0.263 e. The fourth-order valence-corrected chi connectivity index (χ4v) is 4.08. The molecule has 1 aliphatic rings. The van der Waals surface area contributed by atoms with Crippen molar-refractivity contribution in [2.24, 2.45) is 5.14 Å². The number of carbonyl (C=O) groups is 2. The number of para-hydroxylation sites is 1. The molecule has 0 aromatic heterocycles. The molecule has 1 unspecified atom stereocenters. The highest BCUT2D eigenvalue weighted by Gasteiger charge is 2.44. The number of anilines is 2. The maximum atomic E-state index is 13.3. The molecule has 1 fully saturated rings. The van der Waals surface area contributed by atoms with Gasteiger partial charge in [-0.1, -0.05) is 48.0 Å². The Kier molecular flexibility index (Phi) is 5.65. The highest BCUT2D eigenvalue weighted by atomic mass is 32.2. The summed E-state index contributed by atoms with van der Waals surface area (Å²) in [5, 5.41) is 8.22. The van der Waals surface area contributed by atoms with Crippen LogP contribution in [0.25, 0.3) is 6.08 Å². The van der Waals surface area contributed by atoms with Crippen molar-refractivity contribution in [1.29, 1.82) is 0 Å². The van der Waals surface area contributed by atoms with Gasteiger partial charge in [0, 0.05) is 5.69 Å². The number of hydrogen-bond donors (Lipinski definition) is 2. The molecule has 3 aromatic rings. The Bertz CT molecular complexity index is 1320. The summed E-state index contributed by atoms with van der Waals surface area (Å²) in [6.45, 7) is 1.95. The van der Waals surface area contributed by atoms with Gasteiger partial charge >= 0.3 is 0 Å². The molecule has 3 N–H and O–H groups in total. The van der Waals surface area contributed by atoms with Gasteiger partial charge in [-0.15, -0.1) is 0 Å².